The Hall–Kier alpha value is -3.22. The fraction of sp³-hybridized carbons (Fsp3) is 0.300. The molecule has 0 saturated carbocycles. The molecular weight excluding hydrogens is 346 g/mol. The summed E-state index contributed by atoms with van der Waals surface area (Å²) in [6.07, 6.45) is 3.53. The lowest BCUT2D eigenvalue weighted by atomic mass is 10.0. The van der Waals surface area contributed by atoms with Crippen LogP contribution in [0, 0.1) is 13.8 Å². The minimum absolute atomic E-state index is 0.237. The van der Waals surface area contributed by atoms with Gasteiger partial charge in [-0.25, -0.2) is 4.98 Å². The monoisotopic (exact) mass is 369 g/mol. The number of amides is 1. The molecule has 2 aromatic heterocycles. The average molecular weight is 369 g/mol. The second-order valence-electron chi connectivity index (χ2n) is 6.28. The van der Waals surface area contributed by atoms with E-state index in [9.17, 15) is 4.79 Å². The van der Waals surface area contributed by atoms with E-state index in [1.165, 1.54) is 0 Å². The highest BCUT2D eigenvalue weighted by Crippen LogP contribution is 2.30. The van der Waals surface area contributed by atoms with Gasteiger partial charge in [0.25, 0.3) is 5.91 Å². The summed E-state index contributed by atoms with van der Waals surface area (Å²) < 4.78 is 18.1. The summed E-state index contributed by atoms with van der Waals surface area (Å²) in [5.74, 6) is 2.98. The van der Waals surface area contributed by atoms with Crippen LogP contribution in [0.2, 0.25) is 0 Å². The molecule has 142 valence electrons. The van der Waals surface area contributed by atoms with Crippen molar-refractivity contribution in [1.82, 2.24) is 14.9 Å². The first-order valence-electron chi connectivity index (χ1n) is 8.51. The highest BCUT2D eigenvalue weighted by atomic mass is 16.5. The molecule has 1 atom stereocenters. The van der Waals surface area contributed by atoms with E-state index in [4.69, 9.17) is 13.9 Å². The number of carbonyl (C=O) groups is 1. The van der Waals surface area contributed by atoms with Crippen LogP contribution in [0.15, 0.2) is 41.1 Å². The van der Waals surface area contributed by atoms with Crippen molar-refractivity contribution in [2.45, 2.75) is 19.9 Å². The number of aryl methyl sites for hydroxylation is 3. The number of nitrogens with one attached hydrogen (secondary N) is 1. The Bertz CT molecular complexity index is 936. The Morgan fingerprint density at radius 1 is 1.15 bits per heavy atom. The number of aromatic nitrogens is 2. The molecule has 3 aromatic rings. The fourth-order valence-corrected chi connectivity index (χ4v) is 3.01. The maximum atomic E-state index is 12.9. The third-order valence-electron chi connectivity index (χ3n) is 4.38. The van der Waals surface area contributed by atoms with Crippen molar-refractivity contribution in [3.63, 3.8) is 0 Å². The van der Waals surface area contributed by atoms with Crippen LogP contribution in [0.3, 0.4) is 0 Å². The van der Waals surface area contributed by atoms with E-state index in [-0.39, 0.29) is 5.91 Å². The van der Waals surface area contributed by atoms with Crippen molar-refractivity contribution in [3.8, 4) is 11.5 Å². The zero-order valence-electron chi connectivity index (χ0n) is 16.1. The van der Waals surface area contributed by atoms with E-state index in [1.807, 2.05) is 36.9 Å². The van der Waals surface area contributed by atoms with Gasteiger partial charge >= 0.3 is 0 Å². The number of hydrogen-bond donors (Lipinski definition) is 1. The molecule has 0 aliphatic carbocycles. The summed E-state index contributed by atoms with van der Waals surface area (Å²) in [5, 5.41) is 3.06. The van der Waals surface area contributed by atoms with Crippen molar-refractivity contribution in [2.24, 2.45) is 7.05 Å². The molecule has 7 heteroatoms. The van der Waals surface area contributed by atoms with Gasteiger partial charge in [0.05, 0.1) is 19.8 Å². The third kappa shape index (κ3) is 3.81. The number of ether oxygens (including phenoxy) is 2. The van der Waals surface area contributed by atoms with Gasteiger partial charge in [0.15, 0.2) is 0 Å². The van der Waals surface area contributed by atoms with Gasteiger partial charge in [0.1, 0.15) is 34.9 Å². The number of imidazole rings is 1. The van der Waals surface area contributed by atoms with E-state index in [0.717, 1.165) is 5.56 Å². The number of furan rings is 1. The highest BCUT2D eigenvalue weighted by molar-refractivity contribution is 5.95. The molecule has 1 amide bonds. The molecule has 0 unspecified atom stereocenters. The van der Waals surface area contributed by atoms with E-state index >= 15 is 0 Å². The molecule has 0 aliphatic heterocycles. The molecule has 2 heterocycles. The normalized spacial score (nSPS) is 11.9. The number of hydrogen-bond acceptors (Lipinski definition) is 5. The predicted octanol–water partition coefficient (Wildman–Crippen LogP) is 3.17. The van der Waals surface area contributed by atoms with Gasteiger partial charge in [-0.2, -0.15) is 0 Å². The molecule has 27 heavy (non-hydrogen) atoms. The molecule has 1 aromatic carbocycles. The molecule has 0 fully saturated rings. The Morgan fingerprint density at radius 3 is 2.30 bits per heavy atom. The Balaban J connectivity index is 2.04. The first-order chi connectivity index (χ1) is 12.9. The summed E-state index contributed by atoms with van der Waals surface area (Å²) in [6.45, 7) is 3.58. The number of rotatable bonds is 6. The topological polar surface area (TPSA) is 78.5 Å². The predicted molar refractivity (Wildman–Crippen MR) is 100 cm³/mol. The second-order valence-corrected chi connectivity index (χ2v) is 6.28. The molecular formula is C20H23N3O4. The molecule has 7 nitrogen and oxygen atoms in total. The fourth-order valence-electron chi connectivity index (χ4n) is 3.01. The zero-order valence-corrected chi connectivity index (χ0v) is 16.1. The summed E-state index contributed by atoms with van der Waals surface area (Å²) >= 11 is 0. The van der Waals surface area contributed by atoms with Crippen molar-refractivity contribution in [2.75, 3.05) is 14.2 Å². The van der Waals surface area contributed by atoms with Gasteiger partial charge in [-0.3, -0.25) is 4.79 Å². The first-order valence-corrected chi connectivity index (χ1v) is 8.51. The van der Waals surface area contributed by atoms with Gasteiger partial charge in [0, 0.05) is 25.5 Å². The molecule has 0 bridgehead atoms. The Labute approximate surface area is 157 Å². The molecule has 0 aliphatic rings. The first kappa shape index (κ1) is 18.6. The van der Waals surface area contributed by atoms with Crippen LogP contribution in [0.25, 0.3) is 0 Å². The minimum Gasteiger partial charge on any atom is -0.497 e. The zero-order chi connectivity index (χ0) is 19.6. The lowest BCUT2D eigenvalue weighted by Gasteiger charge is -2.20. The van der Waals surface area contributed by atoms with Crippen LogP contribution >= 0.6 is 0 Å². The van der Waals surface area contributed by atoms with Gasteiger partial charge < -0.3 is 23.8 Å². The smallest absolute Gasteiger partial charge is 0.255 e. The summed E-state index contributed by atoms with van der Waals surface area (Å²) in [4.78, 5) is 17.3. The van der Waals surface area contributed by atoms with Crippen molar-refractivity contribution in [3.05, 3.63) is 65.1 Å². The highest BCUT2D eigenvalue weighted by Gasteiger charge is 2.24. The molecule has 0 spiro atoms. The van der Waals surface area contributed by atoms with Crippen molar-refractivity contribution < 1.29 is 18.7 Å². The number of methoxy groups -OCH3 is 2. The molecule has 0 radical (unpaired) electrons. The molecule has 3 rings (SSSR count). The number of benzene rings is 1. The maximum Gasteiger partial charge on any atom is 0.255 e. The van der Waals surface area contributed by atoms with Gasteiger partial charge in [-0.1, -0.05) is 0 Å². The van der Waals surface area contributed by atoms with E-state index in [1.54, 1.807) is 39.5 Å². The lowest BCUT2D eigenvalue weighted by molar-refractivity contribution is 0.0939. The largest absolute Gasteiger partial charge is 0.497 e. The van der Waals surface area contributed by atoms with Crippen LogP contribution in [-0.4, -0.2) is 29.7 Å². The summed E-state index contributed by atoms with van der Waals surface area (Å²) in [5.41, 5.74) is 1.30. The summed E-state index contributed by atoms with van der Waals surface area (Å²) in [6, 6.07) is 6.73. The van der Waals surface area contributed by atoms with Gasteiger partial charge in [-0.05, 0) is 37.6 Å². The molecule has 0 saturated heterocycles. The lowest BCUT2D eigenvalue weighted by Crippen LogP contribution is -2.31. The number of nitrogens with zero attached hydrogens (tertiary/aromatic N) is 2. The van der Waals surface area contributed by atoms with Crippen molar-refractivity contribution in [1.29, 1.82) is 0 Å². The maximum absolute atomic E-state index is 12.9. The quantitative estimate of drug-likeness (QED) is 0.722. The SMILES string of the molecule is COc1cc(OC)cc([C@H](NC(=O)c2cc(C)oc2C)c2nccn2C)c1. The third-order valence-corrected chi connectivity index (χ3v) is 4.38. The van der Waals surface area contributed by atoms with Crippen LogP contribution in [0.4, 0.5) is 0 Å². The van der Waals surface area contributed by atoms with Gasteiger partial charge in [-0.15, -0.1) is 0 Å². The molecule has 1 N–H and O–H groups in total. The van der Waals surface area contributed by atoms with E-state index < -0.39 is 6.04 Å². The standard InChI is InChI=1S/C20H23N3O4/c1-12-8-17(13(2)27-12)20(24)22-18(19-21-6-7-23(19)3)14-9-15(25-4)11-16(10-14)26-5/h6-11,18H,1-5H3,(H,22,24)/t18-/m0/s1. The average Bonchev–Trinajstić information content (AvgIpc) is 3.23. The van der Waals surface area contributed by atoms with E-state index in [0.29, 0.717) is 34.4 Å². The van der Waals surface area contributed by atoms with Crippen LogP contribution in [0.5, 0.6) is 11.5 Å². The van der Waals surface area contributed by atoms with Gasteiger partial charge in [0.2, 0.25) is 0 Å². The van der Waals surface area contributed by atoms with Crippen molar-refractivity contribution >= 4 is 5.91 Å². The van der Waals surface area contributed by atoms with Crippen LogP contribution in [-0.2, 0) is 7.05 Å². The van der Waals surface area contributed by atoms with Crippen LogP contribution in [0.1, 0.15) is 39.3 Å². The van der Waals surface area contributed by atoms with Crippen LogP contribution < -0.4 is 14.8 Å². The minimum atomic E-state index is -0.490. The second kappa shape index (κ2) is 7.57. The summed E-state index contributed by atoms with van der Waals surface area (Å²) in [7, 11) is 5.06. The van der Waals surface area contributed by atoms with E-state index in [2.05, 4.69) is 10.3 Å². The Morgan fingerprint density at radius 2 is 1.81 bits per heavy atom. The number of carbonyl (C=O) groups excluding carboxylic acids is 1. The Kier molecular flexibility index (Phi) is 5.21.